The first kappa shape index (κ1) is 22.3. The molecule has 2 heterocycles. The van der Waals surface area contributed by atoms with Gasteiger partial charge < -0.3 is 9.64 Å². The average molecular weight is 464 g/mol. The molecule has 0 radical (unpaired) electrons. The van der Waals surface area contributed by atoms with Crippen LogP contribution in [-0.4, -0.2) is 47.1 Å². The molecule has 1 aromatic carbocycles. The number of aryl methyl sites for hydroxylation is 1. The maximum atomic E-state index is 13.1. The Hall–Kier alpha value is -1.86. The molecule has 1 saturated carbocycles. The molecule has 1 aromatic heterocycles. The molecule has 0 spiro atoms. The fraction of sp³-hybridized carbons (Fsp3) is 0.609. The number of likely N-dealkylation sites (tertiary alicyclic amines) is 1. The third kappa shape index (κ3) is 5.32. The Morgan fingerprint density at radius 3 is 2.52 bits per heavy atom. The first-order chi connectivity index (χ1) is 14.6. The van der Waals surface area contributed by atoms with E-state index in [4.69, 9.17) is 21.3 Å². The van der Waals surface area contributed by atoms with Crippen molar-refractivity contribution in [3.05, 3.63) is 22.7 Å². The van der Waals surface area contributed by atoms with Gasteiger partial charge in [-0.05, 0) is 77.0 Å². The number of anilines is 1. The molecule has 1 aliphatic heterocycles. The van der Waals surface area contributed by atoms with Crippen LogP contribution in [0.4, 0.5) is 9.93 Å². The minimum absolute atomic E-state index is 0.124. The van der Waals surface area contributed by atoms with Crippen LogP contribution in [0.25, 0.3) is 10.2 Å². The highest BCUT2D eigenvalue weighted by Crippen LogP contribution is 2.38. The molecular weight excluding hydrogens is 434 g/mol. The van der Waals surface area contributed by atoms with Crippen molar-refractivity contribution in [2.45, 2.75) is 59.0 Å². The van der Waals surface area contributed by atoms with E-state index in [1.807, 2.05) is 44.7 Å². The zero-order chi connectivity index (χ0) is 22.3. The number of ether oxygens (including phenoxy) is 1. The summed E-state index contributed by atoms with van der Waals surface area (Å²) in [4.78, 5) is 34.0. The lowest BCUT2D eigenvalue weighted by Gasteiger charge is -2.35. The summed E-state index contributed by atoms with van der Waals surface area (Å²) in [6.45, 7) is 9.59. The predicted molar refractivity (Wildman–Crippen MR) is 125 cm³/mol. The number of aromatic nitrogens is 1. The molecule has 0 atom stereocenters. The number of thiazole rings is 1. The summed E-state index contributed by atoms with van der Waals surface area (Å²) in [6.07, 6.45) is 3.37. The van der Waals surface area contributed by atoms with E-state index >= 15 is 0 Å². The minimum atomic E-state index is -0.491. The van der Waals surface area contributed by atoms with Crippen molar-refractivity contribution >= 4 is 50.3 Å². The van der Waals surface area contributed by atoms with Gasteiger partial charge in [-0.25, -0.2) is 9.78 Å². The molecule has 0 unspecified atom stereocenters. The van der Waals surface area contributed by atoms with Gasteiger partial charge in [-0.2, -0.15) is 0 Å². The number of piperidine rings is 1. The van der Waals surface area contributed by atoms with Gasteiger partial charge in [0.25, 0.3) is 0 Å². The van der Waals surface area contributed by atoms with Crippen molar-refractivity contribution in [3.63, 3.8) is 0 Å². The van der Waals surface area contributed by atoms with Gasteiger partial charge in [-0.1, -0.05) is 22.9 Å². The molecule has 0 bridgehead atoms. The number of rotatable bonds is 4. The number of halogens is 1. The fourth-order valence-corrected chi connectivity index (χ4v) is 5.39. The second kappa shape index (κ2) is 8.58. The van der Waals surface area contributed by atoms with Gasteiger partial charge in [0.05, 0.1) is 10.2 Å². The van der Waals surface area contributed by atoms with Gasteiger partial charge >= 0.3 is 6.09 Å². The van der Waals surface area contributed by atoms with E-state index in [0.29, 0.717) is 30.6 Å². The first-order valence-electron chi connectivity index (χ1n) is 11.0. The van der Waals surface area contributed by atoms with Crippen molar-refractivity contribution in [3.8, 4) is 0 Å². The molecule has 1 saturated heterocycles. The fourth-order valence-electron chi connectivity index (χ4n) is 3.95. The number of benzene rings is 1. The van der Waals surface area contributed by atoms with Crippen LogP contribution in [0, 0.1) is 18.8 Å². The third-order valence-corrected chi connectivity index (χ3v) is 7.01. The Balaban J connectivity index is 1.47. The number of carbonyl (C=O) groups excluding carboxylic acids is 2. The van der Waals surface area contributed by atoms with E-state index in [-0.39, 0.29) is 17.9 Å². The SMILES string of the molecule is Cc1cc(Cl)cc2sc(N(CC3CCN(C(=O)OC(C)(C)C)CC3)C(=O)C3CC3)nc12. The second-order valence-corrected chi connectivity index (χ2v) is 11.1. The normalized spacial score (nSPS) is 17.8. The molecule has 168 valence electrons. The summed E-state index contributed by atoms with van der Waals surface area (Å²) >= 11 is 7.76. The van der Waals surface area contributed by atoms with Crippen molar-refractivity contribution < 1.29 is 14.3 Å². The predicted octanol–water partition coefficient (Wildman–Crippen LogP) is 5.65. The van der Waals surface area contributed by atoms with E-state index in [9.17, 15) is 9.59 Å². The Kier molecular flexibility index (Phi) is 6.19. The number of fused-ring (bicyclic) bond motifs is 1. The summed E-state index contributed by atoms with van der Waals surface area (Å²) in [5.41, 5.74) is 1.45. The van der Waals surface area contributed by atoms with Gasteiger partial charge in [0, 0.05) is 30.6 Å². The molecule has 2 aliphatic rings. The van der Waals surface area contributed by atoms with E-state index in [1.54, 1.807) is 4.90 Å². The zero-order valence-electron chi connectivity index (χ0n) is 18.6. The molecule has 1 aliphatic carbocycles. The van der Waals surface area contributed by atoms with E-state index < -0.39 is 5.60 Å². The quantitative estimate of drug-likeness (QED) is 0.587. The molecule has 8 heteroatoms. The highest BCUT2D eigenvalue weighted by Gasteiger charge is 2.37. The summed E-state index contributed by atoms with van der Waals surface area (Å²) in [7, 11) is 0. The lowest BCUT2D eigenvalue weighted by Crippen LogP contribution is -2.45. The largest absolute Gasteiger partial charge is 0.444 e. The van der Waals surface area contributed by atoms with E-state index in [0.717, 1.165) is 46.6 Å². The van der Waals surface area contributed by atoms with Gasteiger partial charge in [0.15, 0.2) is 5.13 Å². The van der Waals surface area contributed by atoms with Crippen LogP contribution in [0.1, 0.15) is 52.0 Å². The van der Waals surface area contributed by atoms with Crippen LogP contribution in [0.5, 0.6) is 0 Å². The van der Waals surface area contributed by atoms with Crippen molar-refractivity contribution in [1.82, 2.24) is 9.88 Å². The van der Waals surface area contributed by atoms with Crippen LogP contribution in [0.3, 0.4) is 0 Å². The summed E-state index contributed by atoms with van der Waals surface area (Å²) in [5.74, 6) is 0.633. The van der Waals surface area contributed by atoms with Crippen molar-refractivity contribution in [2.24, 2.45) is 11.8 Å². The summed E-state index contributed by atoms with van der Waals surface area (Å²) in [5, 5.41) is 1.45. The standard InChI is InChI=1S/C23H30ClN3O3S/c1-14-11-17(24)12-18-19(14)25-21(31-18)27(20(28)16-5-6-16)13-15-7-9-26(10-8-15)22(29)30-23(2,3)4/h11-12,15-16H,5-10,13H2,1-4H3. The molecule has 6 nitrogen and oxygen atoms in total. The molecule has 2 aromatic rings. The average Bonchev–Trinajstić information content (AvgIpc) is 3.44. The minimum Gasteiger partial charge on any atom is -0.444 e. The Morgan fingerprint density at radius 2 is 1.90 bits per heavy atom. The Labute approximate surface area is 192 Å². The lowest BCUT2D eigenvalue weighted by molar-refractivity contribution is -0.120. The molecule has 2 amide bonds. The number of hydrogen-bond donors (Lipinski definition) is 0. The highest BCUT2D eigenvalue weighted by molar-refractivity contribution is 7.22. The lowest BCUT2D eigenvalue weighted by atomic mass is 9.96. The Morgan fingerprint density at radius 1 is 1.23 bits per heavy atom. The van der Waals surface area contributed by atoms with Gasteiger partial charge in [0.1, 0.15) is 5.60 Å². The number of nitrogens with zero attached hydrogens (tertiary/aromatic N) is 3. The maximum Gasteiger partial charge on any atom is 0.410 e. The Bertz CT molecular complexity index is 988. The third-order valence-electron chi connectivity index (χ3n) is 5.77. The van der Waals surface area contributed by atoms with E-state index in [2.05, 4.69) is 0 Å². The number of carbonyl (C=O) groups is 2. The van der Waals surface area contributed by atoms with Crippen molar-refractivity contribution in [2.75, 3.05) is 24.5 Å². The van der Waals surface area contributed by atoms with Crippen LogP contribution >= 0.6 is 22.9 Å². The molecule has 0 N–H and O–H groups in total. The molecule has 2 fully saturated rings. The number of hydrogen-bond acceptors (Lipinski definition) is 5. The molecule has 4 rings (SSSR count). The summed E-state index contributed by atoms with van der Waals surface area (Å²) in [6, 6.07) is 3.83. The second-order valence-electron chi connectivity index (χ2n) is 9.70. The molecule has 31 heavy (non-hydrogen) atoms. The van der Waals surface area contributed by atoms with Gasteiger partial charge in [0.2, 0.25) is 5.91 Å². The van der Waals surface area contributed by atoms with Crippen LogP contribution in [0.2, 0.25) is 5.02 Å². The van der Waals surface area contributed by atoms with Crippen LogP contribution in [-0.2, 0) is 9.53 Å². The summed E-state index contributed by atoms with van der Waals surface area (Å²) < 4.78 is 6.51. The topological polar surface area (TPSA) is 62.7 Å². The highest BCUT2D eigenvalue weighted by atomic mass is 35.5. The number of amides is 2. The van der Waals surface area contributed by atoms with Gasteiger partial charge in [-0.3, -0.25) is 9.69 Å². The van der Waals surface area contributed by atoms with Crippen LogP contribution in [0.15, 0.2) is 12.1 Å². The maximum absolute atomic E-state index is 13.1. The van der Waals surface area contributed by atoms with Crippen LogP contribution < -0.4 is 4.90 Å². The smallest absolute Gasteiger partial charge is 0.410 e. The monoisotopic (exact) mass is 463 g/mol. The van der Waals surface area contributed by atoms with Gasteiger partial charge in [-0.15, -0.1) is 0 Å². The zero-order valence-corrected chi connectivity index (χ0v) is 20.2. The van der Waals surface area contributed by atoms with E-state index in [1.165, 1.54) is 11.3 Å². The molecular formula is C23H30ClN3O3S. The van der Waals surface area contributed by atoms with Crippen molar-refractivity contribution in [1.29, 1.82) is 0 Å². The first-order valence-corrected chi connectivity index (χ1v) is 12.2.